The van der Waals surface area contributed by atoms with Crippen LogP contribution in [0.25, 0.3) is 10.9 Å². The molecule has 0 spiro atoms. The molecule has 0 bridgehead atoms. The molecule has 60 valence electrons. The number of aromatic nitrogens is 1. The van der Waals surface area contributed by atoms with Gasteiger partial charge < -0.3 is 5.11 Å². The van der Waals surface area contributed by atoms with Crippen LogP contribution in [-0.2, 0) is 0 Å². The molecule has 1 aromatic carbocycles. The van der Waals surface area contributed by atoms with Crippen molar-refractivity contribution < 1.29 is 15.0 Å². The highest BCUT2D eigenvalue weighted by atomic mass is 16.5. The van der Waals surface area contributed by atoms with Gasteiger partial charge in [-0.25, -0.2) is 0 Å². The van der Waals surface area contributed by atoms with E-state index in [0.29, 0.717) is 5.52 Å². The van der Waals surface area contributed by atoms with Gasteiger partial charge in [-0.2, -0.15) is 0 Å². The van der Waals surface area contributed by atoms with Gasteiger partial charge in [-0.3, -0.25) is 5.21 Å². The molecule has 0 atom stereocenters. The second-order valence-electron chi connectivity index (χ2n) is 2.60. The molecule has 0 fully saturated rings. The Balaban J connectivity index is 2.89. The predicted octanol–water partition coefficient (Wildman–Crippen LogP) is 1.07. The largest absolute Gasteiger partial charge is 0.503 e. The van der Waals surface area contributed by atoms with Gasteiger partial charge in [-0.15, -0.1) is 0 Å². The van der Waals surface area contributed by atoms with Gasteiger partial charge in [0.15, 0.2) is 5.75 Å². The van der Waals surface area contributed by atoms with Gasteiger partial charge in [-0.1, -0.05) is 12.1 Å². The molecule has 2 rings (SSSR count). The summed E-state index contributed by atoms with van der Waals surface area (Å²) in [4.78, 5) is 0. The number of pyridine rings is 1. The zero-order valence-electron chi connectivity index (χ0n) is 6.31. The summed E-state index contributed by atoms with van der Waals surface area (Å²) < 4.78 is 0.907. The van der Waals surface area contributed by atoms with Crippen molar-refractivity contribution in [3.8, 4) is 5.75 Å². The Labute approximate surface area is 69.1 Å². The fourth-order valence-corrected chi connectivity index (χ4v) is 1.21. The van der Waals surface area contributed by atoms with E-state index in [4.69, 9.17) is 5.11 Å². The average Bonchev–Trinajstić information content (AvgIpc) is 2.04. The number of fused-ring (bicyclic) bond motifs is 1. The van der Waals surface area contributed by atoms with Crippen molar-refractivity contribution in [1.82, 2.24) is 0 Å². The molecule has 12 heavy (non-hydrogen) atoms. The molecule has 0 amide bonds. The number of hydrogen-bond donors (Lipinski definition) is 2. The van der Waals surface area contributed by atoms with E-state index in [9.17, 15) is 5.21 Å². The van der Waals surface area contributed by atoms with Crippen LogP contribution in [0.2, 0.25) is 0 Å². The van der Waals surface area contributed by atoms with Gasteiger partial charge in [0, 0.05) is 16.9 Å². The number of rotatable bonds is 0. The molecule has 0 unspecified atom stereocenters. The summed E-state index contributed by atoms with van der Waals surface area (Å²) in [5.41, 5.74) is 0.676. The molecule has 1 aromatic heterocycles. The van der Waals surface area contributed by atoms with Crippen molar-refractivity contribution in [2.45, 2.75) is 0 Å². The first-order valence-corrected chi connectivity index (χ1v) is 3.60. The normalized spacial score (nSPS) is 10.3. The van der Waals surface area contributed by atoms with E-state index < -0.39 is 0 Å². The summed E-state index contributed by atoms with van der Waals surface area (Å²) in [7, 11) is 0. The maximum atomic E-state index is 9.31. The van der Waals surface area contributed by atoms with E-state index in [1.807, 2.05) is 18.2 Å². The van der Waals surface area contributed by atoms with Crippen LogP contribution in [0.4, 0.5) is 0 Å². The first-order chi connectivity index (χ1) is 5.77. The third kappa shape index (κ3) is 0.955. The molecule has 0 aliphatic carbocycles. The Morgan fingerprint density at radius 3 is 2.75 bits per heavy atom. The zero-order chi connectivity index (χ0) is 8.55. The van der Waals surface area contributed by atoms with E-state index >= 15 is 0 Å². The highest BCUT2D eigenvalue weighted by molar-refractivity contribution is 5.76. The third-order valence-electron chi connectivity index (χ3n) is 1.74. The lowest BCUT2D eigenvalue weighted by Gasteiger charge is -1.93. The second-order valence-corrected chi connectivity index (χ2v) is 2.60. The highest BCUT2D eigenvalue weighted by Gasteiger charge is 2.08. The first-order valence-electron chi connectivity index (χ1n) is 3.60. The minimum Gasteiger partial charge on any atom is -0.503 e. The number of nitrogens with zero attached hydrogens (tertiary/aromatic N) is 1. The van der Waals surface area contributed by atoms with Crippen molar-refractivity contribution in [1.29, 1.82) is 0 Å². The molecular formula is C9H8NO2+. The van der Waals surface area contributed by atoms with Crippen molar-refractivity contribution in [3.05, 3.63) is 36.5 Å². The van der Waals surface area contributed by atoms with Crippen molar-refractivity contribution in [2.24, 2.45) is 0 Å². The van der Waals surface area contributed by atoms with E-state index in [1.54, 1.807) is 12.1 Å². The number of benzene rings is 1. The van der Waals surface area contributed by atoms with Crippen LogP contribution >= 0.6 is 0 Å². The summed E-state index contributed by atoms with van der Waals surface area (Å²) in [5, 5.41) is 19.2. The fourth-order valence-electron chi connectivity index (χ4n) is 1.21. The smallest absolute Gasteiger partial charge is 0.264 e. The second kappa shape index (κ2) is 2.37. The summed E-state index contributed by atoms with van der Waals surface area (Å²) in [5.74, 6) is 0.0520. The van der Waals surface area contributed by atoms with Crippen LogP contribution in [0.3, 0.4) is 0 Å². The van der Waals surface area contributed by atoms with Crippen LogP contribution in [0.5, 0.6) is 5.75 Å². The molecule has 0 saturated carbocycles. The van der Waals surface area contributed by atoms with Crippen molar-refractivity contribution >= 4 is 10.9 Å². The third-order valence-corrected chi connectivity index (χ3v) is 1.74. The molecule has 0 aliphatic heterocycles. The van der Waals surface area contributed by atoms with Crippen molar-refractivity contribution in [2.75, 3.05) is 0 Å². The monoisotopic (exact) mass is 162 g/mol. The van der Waals surface area contributed by atoms with Gasteiger partial charge in [-0.05, 0) is 6.07 Å². The lowest BCUT2D eigenvalue weighted by atomic mass is 10.2. The molecule has 0 aliphatic rings. The molecule has 2 N–H and O–H groups in total. The average molecular weight is 162 g/mol. The van der Waals surface area contributed by atoms with E-state index in [-0.39, 0.29) is 5.75 Å². The summed E-state index contributed by atoms with van der Waals surface area (Å²) in [6, 6.07) is 8.87. The standard InChI is InChI=1S/C9H7NO2/c11-8-5-7-3-1-2-4-9(7)10(12)6-8/h1-6H,(H-,11,12)/p+1. The summed E-state index contributed by atoms with van der Waals surface area (Å²) in [6.45, 7) is 0. The topological polar surface area (TPSA) is 44.3 Å². The molecule has 0 saturated heterocycles. The summed E-state index contributed by atoms with van der Waals surface area (Å²) in [6.07, 6.45) is 1.25. The lowest BCUT2D eigenvalue weighted by molar-refractivity contribution is -0.884. The molecule has 0 radical (unpaired) electrons. The number of aromatic hydroxyl groups is 1. The Hall–Kier alpha value is -1.77. The number of hydrogen-bond acceptors (Lipinski definition) is 2. The van der Waals surface area contributed by atoms with Crippen LogP contribution in [-0.4, -0.2) is 10.3 Å². The quantitative estimate of drug-likeness (QED) is 0.449. The van der Waals surface area contributed by atoms with Crippen molar-refractivity contribution in [3.63, 3.8) is 0 Å². The van der Waals surface area contributed by atoms with Gasteiger partial charge in [0.2, 0.25) is 0 Å². The first kappa shape index (κ1) is 6.91. The SMILES string of the molecule is Oc1cc2ccccc2[n+](O)c1. The van der Waals surface area contributed by atoms with E-state index in [2.05, 4.69) is 0 Å². The summed E-state index contributed by atoms with van der Waals surface area (Å²) >= 11 is 0. The zero-order valence-corrected chi connectivity index (χ0v) is 6.31. The van der Waals surface area contributed by atoms with Gasteiger partial charge in [0.05, 0.1) is 5.39 Å². The molecular weight excluding hydrogens is 154 g/mol. The minimum atomic E-state index is 0.0520. The van der Waals surface area contributed by atoms with E-state index in [0.717, 1.165) is 10.1 Å². The Kier molecular flexibility index (Phi) is 1.37. The number of para-hydroxylation sites is 1. The van der Waals surface area contributed by atoms with Gasteiger partial charge in [0.25, 0.3) is 11.7 Å². The minimum absolute atomic E-state index is 0.0520. The molecule has 1 heterocycles. The highest BCUT2D eigenvalue weighted by Crippen LogP contribution is 2.14. The van der Waals surface area contributed by atoms with Gasteiger partial charge in [0.1, 0.15) is 0 Å². The molecule has 2 aromatic rings. The van der Waals surface area contributed by atoms with Crippen LogP contribution in [0.15, 0.2) is 36.5 Å². The van der Waals surface area contributed by atoms with Crippen LogP contribution in [0, 0.1) is 0 Å². The van der Waals surface area contributed by atoms with Crippen LogP contribution < -0.4 is 4.73 Å². The maximum Gasteiger partial charge on any atom is 0.264 e. The van der Waals surface area contributed by atoms with Gasteiger partial charge >= 0.3 is 0 Å². The Bertz CT molecular complexity index is 426. The fraction of sp³-hybridized carbons (Fsp3) is 0. The Morgan fingerprint density at radius 1 is 1.17 bits per heavy atom. The maximum absolute atomic E-state index is 9.31. The predicted molar refractivity (Wildman–Crippen MR) is 43.0 cm³/mol. The Morgan fingerprint density at radius 2 is 1.92 bits per heavy atom. The molecule has 3 heteroatoms. The lowest BCUT2D eigenvalue weighted by Crippen LogP contribution is -2.29. The molecule has 3 nitrogen and oxygen atoms in total. The van der Waals surface area contributed by atoms with E-state index in [1.165, 1.54) is 6.20 Å². The van der Waals surface area contributed by atoms with Crippen LogP contribution in [0.1, 0.15) is 0 Å².